The molecule has 5 rings (SSSR count). The first-order chi connectivity index (χ1) is 22.4. The summed E-state index contributed by atoms with van der Waals surface area (Å²) in [5.74, 6) is 1.10. The molecule has 0 radical (unpaired) electrons. The molecule has 0 bridgehead atoms. The molecule has 1 saturated heterocycles. The molecule has 1 aromatic heterocycles. The summed E-state index contributed by atoms with van der Waals surface area (Å²) in [6, 6.07) is 18.2. The fourth-order valence-corrected chi connectivity index (χ4v) is 6.00. The van der Waals surface area contributed by atoms with E-state index in [-0.39, 0.29) is 54.1 Å². The molecular weight excluding hydrogens is 592 g/mol. The molecule has 1 aliphatic heterocycles. The number of carbonyl (C=O) groups is 1. The van der Waals surface area contributed by atoms with Gasteiger partial charge in [0.2, 0.25) is 5.96 Å². The molecule has 2 heterocycles. The second kappa shape index (κ2) is 14.3. The van der Waals surface area contributed by atoms with Crippen LogP contribution in [0, 0.1) is 28.6 Å². The lowest BCUT2D eigenvalue weighted by Gasteiger charge is -2.32. The van der Waals surface area contributed by atoms with Gasteiger partial charge in [0.05, 0.1) is 30.6 Å². The Balaban J connectivity index is 1.31. The molecule has 3 aromatic rings. The number of aliphatic hydroxyl groups excluding tert-OH is 1. The lowest BCUT2D eigenvalue weighted by atomic mass is 9.85. The monoisotopic (exact) mass is 638 g/mol. The Kier molecular flexibility index (Phi) is 10.2. The zero-order valence-corrected chi connectivity index (χ0v) is 27.6. The van der Waals surface area contributed by atoms with Crippen molar-refractivity contribution < 1.29 is 14.6 Å². The summed E-state index contributed by atoms with van der Waals surface area (Å²) in [5.41, 5.74) is 4.01. The molecule has 0 spiro atoms. The molecule has 248 valence electrons. The van der Waals surface area contributed by atoms with E-state index in [1.165, 1.54) is 4.57 Å². The highest BCUT2D eigenvalue weighted by atomic mass is 16.5. The number of likely N-dealkylation sites (tertiary alicyclic amines) is 1. The van der Waals surface area contributed by atoms with Crippen LogP contribution < -0.4 is 20.9 Å². The molecule has 3 unspecified atom stereocenters. The highest BCUT2D eigenvalue weighted by molar-refractivity contribution is 6.09. The lowest BCUT2D eigenvalue weighted by molar-refractivity contribution is 0.170. The molecule has 47 heavy (non-hydrogen) atoms. The molecule has 1 fully saturated rings. The number of benzene rings is 2. The maximum atomic E-state index is 13.4. The number of pyridine rings is 1. The molecule has 2 aromatic carbocycles. The SMILES string of the molecule is Cc1ccc(N=C(CC(=N)C(C)(C)C)NC(=O)NC2CCC(Oc3ccc(=N)n(C(=N)N4CCCC4CO)c3)c3ccccc32)cc1. The minimum Gasteiger partial charge on any atom is -0.484 e. The summed E-state index contributed by atoms with van der Waals surface area (Å²) < 4.78 is 7.96. The summed E-state index contributed by atoms with van der Waals surface area (Å²) in [4.78, 5) is 19.9. The molecular formula is C36H46N8O3. The second-order valence-electron chi connectivity index (χ2n) is 13.4. The molecule has 11 heteroatoms. The number of fused-ring (bicyclic) bond motifs is 1. The third kappa shape index (κ3) is 8.15. The van der Waals surface area contributed by atoms with Gasteiger partial charge < -0.3 is 25.5 Å². The Morgan fingerprint density at radius 3 is 2.45 bits per heavy atom. The van der Waals surface area contributed by atoms with E-state index in [9.17, 15) is 9.90 Å². The number of rotatable bonds is 7. The predicted octanol–water partition coefficient (Wildman–Crippen LogP) is 5.96. The van der Waals surface area contributed by atoms with Crippen LogP contribution in [0.3, 0.4) is 0 Å². The maximum absolute atomic E-state index is 13.4. The molecule has 6 N–H and O–H groups in total. The van der Waals surface area contributed by atoms with Crippen molar-refractivity contribution in [2.24, 2.45) is 10.4 Å². The van der Waals surface area contributed by atoms with Gasteiger partial charge in [-0.15, -0.1) is 0 Å². The second-order valence-corrected chi connectivity index (χ2v) is 13.4. The predicted molar refractivity (Wildman–Crippen MR) is 184 cm³/mol. The van der Waals surface area contributed by atoms with Crippen LogP contribution in [0.25, 0.3) is 0 Å². The van der Waals surface area contributed by atoms with E-state index < -0.39 is 0 Å². The fourth-order valence-electron chi connectivity index (χ4n) is 6.00. The van der Waals surface area contributed by atoms with Crippen LogP contribution in [-0.2, 0) is 0 Å². The van der Waals surface area contributed by atoms with Gasteiger partial charge in [-0.1, -0.05) is 62.7 Å². The minimum absolute atomic E-state index is 0.0277. The van der Waals surface area contributed by atoms with Crippen molar-refractivity contribution in [3.8, 4) is 5.75 Å². The fraction of sp³-hybridized carbons (Fsp3) is 0.417. The van der Waals surface area contributed by atoms with Crippen LogP contribution in [0.2, 0.25) is 0 Å². The number of nitrogens with one attached hydrogen (secondary N) is 5. The zero-order valence-electron chi connectivity index (χ0n) is 27.6. The zero-order chi connectivity index (χ0) is 33.7. The average molecular weight is 639 g/mol. The van der Waals surface area contributed by atoms with Crippen molar-refractivity contribution >= 4 is 29.2 Å². The summed E-state index contributed by atoms with van der Waals surface area (Å²) in [7, 11) is 0. The normalized spacial score (nSPS) is 19.6. The van der Waals surface area contributed by atoms with E-state index in [1.54, 1.807) is 18.3 Å². The van der Waals surface area contributed by atoms with Crippen LogP contribution >= 0.6 is 0 Å². The van der Waals surface area contributed by atoms with Gasteiger partial charge in [0.1, 0.15) is 23.2 Å². The van der Waals surface area contributed by atoms with E-state index in [1.807, 2.05) is 81.1 Å². The van der Waals surface area contributed by atoms with Gasteiger partial charge >= 0.3 is 6.03 Å². The molecule has 0 saturated carbocycles. The molecule has 1 aliphatic carbocycles. The van der Waals surface area contributed by atoms with Gasteiger partial charge in [0.25, 0.3) is 0 Å². The quantitative estimate of drug-likeness (QED) is 0.139. The molecule has 2 amide bonds. The first-order valence-corrected chi connectivity index (χ1v) is 16.2. The third-order valence-corrected chi connectivity index (χ3v) is 8.83. The van der Waals surface area contributed by atoms with Crippen molar-refractivity contribution in [2.75, 3.05) is 13.2 Å². The van der Waals surface area contributed by atoms with Crippen molar-refractivity contribution in [3.05, 3.63) is 89.0 Å². The number of hydrogen-bond acceptors (Lipinski definition) is 7. The van der Waals surface area contributed by atoms with E-state index >= 15 is 0 Å². The Bertz CT molecular complexity index is 1710. The number of amides is 2. The Morgan fingerprint density at radius 1 is 1.02 bits per heavy atom. The van der Waals surface area contributed by atoms with Crippen LogP contribution in [0.15, 0.2) is 71.9 Å². The third-order valence-electron chi connectivity index (χ3n) is 8.83. The van der Waals surface area contributed by atoms with Gasteiger partial charge in [0, 0.05) is 18.7 Å². The average Bonchev–Trinajstić information content (AvgIpc) is 3.52. The van der Waals surface area contributed by atoms with E-state index in [2.05, 4.69) is 15.6 Å². The summed E-state index contributed by atoms with van der Waals surface area (Å²) in [5, 5.41) is 41.6. The summed E-state index contributed by atoms with van der Waals surface area (Å²) in [6.45, 7) is 8.56. The first kappa shape index (κ1) is 33.6. The lowest BCUT2D eigenvalue weighted by Crippen LogP contribution is -2.44. The first-order valence-electron chi connectivity index (χ1n) is 16.2. The van der Waals surface area contributed by atoms with Gasteiger partial charge in [-0.2, -0.15) is 0 Å². The van der Waals surface area contributed by atoms with Crippen LogP contribution in [-0.4, -0.2) is 57.3 Å². The van der Waals surface area contributed by atoms with Crippen molar-refractivity contribution in [1.82, 2.24) is 20.1 Å². The van der Waals surface area contributed by atoms with Crippen molar-refractivity contribution in [3.63, 3.8) is 0 Å². The van der Waals surface area contributed by atoms with Gasteiger partial charge in [0.15, 0.2) is 0 Å². The Morgan fingerprint density at radius 2 is 1.74 bits per heavy atom. The highest BCUT2D eigenvalue weighted by Gasteiger charge is 2.31. The molecule has 3 atom stereocenters. The number of carbonyl (C=O) groups excluding carboxylic acids is 1. The number of aliphatic hydroxyl groups is 1. The maximum Gasteiger partial charge on any atom is 0.320 e. The number of urea groups is 1. The number of nitrogens with zero attached hydrogens (tertiary/aromatic N) is 3. The number of ether oxygens (including phenoxy) is 1. The smallest absolute Gasteiger partial charge is 0.320 e. The van der Waals surface area contributed by atoms with Gasteiger partial charge in [-0.05, 0) is 73.4 Å². The van der Waals surface area contributed by atoms with E-state index in [0.29, 0.717) is 42.4 Å². The summed E-state index contributed by atoms with van der Waals surface area (Å²) in [6.07, 6.45) is 4.59. The number of hydrogen-bond donors (Lipinski definition) is 6. The van der Waals surface area contributed by atoms with E-state index in [0.717, 1.165) is 29.5 Å². The number of aliphatic imine (C=N–C) groups is 1. The largest absolute Gasteiger partial charge is 0.484 e. The van der Waals surface area contributed by atoms with E-state index in [4.69, 9.17) is 21.0 Å². The molecule has 11 nitrogen and oxygen atoms in total. The highest BCUT2D eigenvalue weighted by Crippen LogP contribution is 2.38. The standard InChI is InChI=1S/C36H46N8O3/c1-23-11-13-24(14-12-23)40-33(20-31(37)36(2,3)4)42-35(46)41-29-16-17-30(28-10-6-5-9-27(28)29)47-26-15-18-32(38)44(21-26)34(39)43-19-7-8-25(43)22-45/h5-6,9-15,18,21,25,29-30,37-39,45H,7-8,16-17,19-20,22H2,1-4H3,(H2,40,41,42,46). The number of amidine groups is 1. The summed E-state index contributed by atoms with van der Waals surface area (Å²) >= 11 is 0. The number of aryl methyl sites for hydroxylation is 1. The number of aromatic nitrogens is 1. The Labute approximate surface area is 276 Å². The van der Waals surface area contributed by atoms with Crippen molar-refractivity contribution in [1.29, 1.82) is 16.2 Å². The van der Waals surface area contributed by atoms with Crippen LogP contribution in [0.1, 0.15) is 81.7 Å². The minimum atomic E-state index is -0.384. The van der Waals surface area contributed by atoms with Crippen LogP contribution in [0.5, 0.6) is 5.75 Å². The van der Waals surface area contributed by atoms with Crippen molar-refractivity contribution in [2.45, 2.75) is 78.0 Å². The van der Waals surface area contributed by atoms with Crippen LogP contribution in [0.4, 0.5) is 10.5 Å². The van der Waals surface area contributed by atoms with Gasteiger partial charge in [-0.25, -0.2) is 9.79 Å². The Hall–Kier alpha value is -4.77. The molecule has 2 aliphatic rings. The topological polar surface area (TPSA) is 163 Å². The van der Waals surface area contributed by atoms with Gasteiger partial charge in [-0.3, -0.25) is 20.7 Å².